The molecule has 2 fully saturated rings. The number of amides is 2. The highest BCUT2D eigenvalue weighted by molar-refractivity contribution is 8.00. The number of likely N-dealkylation sites (tertiary alicyclic amines) is 1. The number of quaternary nitrogens is 1. The zero-order valence-corrected chi connectivity index (χ0v) is 21.8. The summed E-state index contributed by atoms with van der Waals surface area (Å²) in [5.41, 5.74) is 5.10. The van der Waals surface area contributed by atoms with Gasteiger partial charge in [-0.15, -0.1) is 11.8 Å². The summed E-state index contributed by atoms with van der Waals surface area (Å²) in [6.45, 7) is -0.513. The number of carbonyl (C=O) groups excluding carboxylic acids is 3. The van der Waals surface area contributed by atoms with E-state index in [-0.39, 0.29) is 35.1 Å². The molecule has 4 heterocycles. The van der Waals surface area contributed by atoms with Crippen LogP contribution in [0, 0.1) is 0 Å². The molecule has 206 valence electrons. The number of nitrogen functional groups attached to an aromatic ring is 1. The van der Waals surface area contributed by atoms with Crippen molar-refractivity contribution in [1.29, 1.82) is 0 Å². The number of allylic oxidation sites excluding steroid dienone is 1. The van der Waals surface area contributed by atoms with Gasteiger partial charge in [0.2, 0.25) is 11.5 Å². The van der Waals surface area contributed by atoms with E-state index in [0.717, 1.165) is 16.4 Å². The second-order valence-electron chi connectivity index (χ2n) is 9.13. The third-order valence-electron chi connectivity index (χ3n) is 6.66. The number of nitrogens with two attached hydrogens (primary N) is 1. The van der Waals surface area contributed by atoms with Crippen LogP contribution < -0.4 is 16.2 Å². The molecule has 3 aliphatic heterocycles. The van der Waals surface area contributed by atoms with Gasteiger partial charge in [0, 0.05) is 23.7 Å². The molecule has 0 radical (unpaired) electrons. The first-order valence-electron chi connectivity index (χ1n) is 11.4. The average Bonchev–Trinajstić information content (AvgIpc) is 3.43. The molecule has 0 aliphatic carbocycles. The number of anilines is 1. The number of alkyl halides is 1. The molecule has 14 nitrogen and oxygen atoms in total. The van der Waals surface area contributed by atoms with E-state index in [0.29, 0.717) is 29.6 Å². The molecule has 1 unspecified atom stereocenters. The molecular weight excluding hydrogens is 545 g/mol. The standard InChI is InChI=1S/C21H26FN7O7S2/c1-29(6-12(31)5-11(29)7-30)4-2-3-10-8-37-19-14(18(33)28(19)15(10)20(34)35)24-17(32)13(26-36-9-22)16-25-21(23)38-27-16/h2-3,11-12,14,19,30-31H,4-9H2,1H3,(H3-,23,24,25,27,32,34,35)/b3-2+,26-13-/t11-,12?,14-,19-,29-/m1/s1. The second-order valence-corrected chi connectivity index (χ2v) is 11.0. The van der Waals surface area contributed by atoms with Gasteiger partial charge in [0.05, 0.1) is 31.9 Å². The first-order chi connectivity index (χ1) is 18.1. The molecule has 0 bridgehead atoms. The summed E-state index contributed by atoms with van der Waals surface area (Å²) in [5.74, 6) is -3.15. The number of likely N-dealkylation sites (N-methyl/N-ethyl adjacent to an activating group) is 1. The van der Waals surface area contributed by atoms with E-state index in [4.69, 9.17) is 5.73 Å². The highest BCUT2D eigenvalue weighted by Crippen LogP contribution is 2.40. The number of halogens is 1. The molecule has 0 saturated carbocycles. The number of nitrogens with one attached hydrogen (secondary N) is 1. The van der Waals surface area contributed by atoms with Crippen molar-refractivity contribution in [1.82, 2.24) is 19.6 Å². The minimum Gasteiger partial charge on any atom is -0.543 e. The molecule has 5 N–H and O–H groups in total. The Morgan fingerprint density at radius 2 is 2.24 bits per heavy atom. The Morgan fingerprint density at radius 3 is 2.87 bits per heavy atom. The van der Waals surface area contributed by atoms with Gasteiger partial charge in [-0.25, -0.2) is 4.39 Å². The quantitative estimate of drug-likeness (QED) is 0.0984. The highest BCUT2D eigenvalue weighted by atomic mass is 32.2. The Hall–Kier alpha value is -3.12. The van der Waals surface area contributed by atoms with Crippen LogP contribution in [0.15, 0.2) is 28.6 Å². The zero-order valence-electron chi connectivity index (χ0n) is 20.2. The van der Waals surface area contributed by atoms with Crippen molar-refractivity contribution < 1.29 is 43.4 Å². The van der Waals surface area contributed by atoms with Crippen LogP contribution in [-0.2, 0) is 19.2 Å². The number of carboxylic acids is 1. The summed E-state index contributed by atoms with van der Waals surface area (Å²) >= 11 is 2.01. The second kappa shape index (κ2) is 11.3. The lowest BCUT2D eigenvalue weighted by atomic mass is 10.0. The van der Waals surface area contributed by atoms with Crippen LogP contribution in [0.2, 0.25) is 0 Å². The van der Waals surface area contributed by atoms with E-state index in [1.807, 2.05) is 7.05 Å². The number of fused-ring (bicyclic) bond motifs is 1. The number of rotatable bonds is 10. The van der Waals surface area contributed by atoms with Crippen LogP contribution in [0.1, 0.15) is 12.2 Å². The number of oxime groups is 1. The van der Waals surface area contributed by atoms with Gasteiger partial charge in [-0.3, -0.25) is 14.5 Å². The number of aromatic nitrogens is 2. The van der Waals surface area contributed by atoms with Gasteiger partial charge in [-0.2, -0.15) is 9.36 Å². The fraction of sp³-hybridized carbons (Fsp3) is 0.524. The van der Waals surface area contributed by atoms with Crippen molar-refractivity contribution in [3.05, 3.63) is 29.2 Å². The topological polar surface area (TPSA) is 203 Å². The van der Waals surface area contributed by atoms with Gasteiger partial charge >= 0.3 is 0 Å². The summed E-state index contributed by atoms with van der Waals surface area (Å²) in [6, 6.07) is -1.24. The molecule has 5 atom stereocenters. The van der Waals surface area contributed by atoms with Crippen LogP contribution >= 0.6 is 23.3 Å². The van der Waals surface area contributed by atoms with Gasteiger partial charge < -0.3 is 40.5 Å². The van der Waals surface area contributed by atoms with Crippen molar-refractivity contribution in [2.75, 3.05) is 45.1 Å². The normalized spacial score (nSPS) is 29.4. The predicted octanol–water partition coefficient (Wildman–Crippen LogP) is -2.70. The molecule has 1 aromatic rings. The molecule has 4 rings (SSSR count). The van der Waals surface area contributed by atoms with Crippen LogP contribution in [0.5, 0.6) is 0 Å². The van der Waals surface area contributed by atoms with Crippen LogP contribution in [-0.4, -0.2) is 115 Å². The minimum absolute atomic E-state index is 0.0302. The number of aliphatic hydroxyl groups is 2. The molecule has 2 saturated heterocycles. The number of β-lactam (4-membered cyclic amide) rings is 1. The number of nitrogens with zero attached hydrogens (tertiary/aromatic N) is 5. The molecule has 38 heavy (non-hydrogen) atoms. The monoisotopic (exact) mass is 571 g/mol. The number of thioether (sulfide) groups is 1. The third-order valence-corrected chi connectivity index (χ3v) is 8.50. The van der Waals surface area contributed by atoms with Gasteiger partial charge in [0.15, 0.2) is 5.13 Å². The maximum atomic E-state index is 12.9. The Balaban J connectivity index is 1.48. The summed E-state index contributed by atoms with van der Waals surface area (Å²) in [7, 11) is 1.90. The number of hydrogen-bond donors (Lipinski definition) is 4. The lowest BCUT2D eigenvalue weighted by molar-refractivity contribution is -0.917. The number of aliphatic carboxylic acids is 1. The third kappa shape index (κ3) is 5.37. The summed E-state index contributed by atoms with van der Waals surface area (Å²) in [4.78, 5) is 46.9. The van der Waals surface area contributed by atoms with E-state index >= 15 is 0 Å². The first-order valence-corrected chi connectivity index (χ1v) is 13.3. The zero-order chi connectivity index (χ0) is 27.6. The largest absolute Gasteiger partial charge is 0.543 e. The highest BCUT2D eigenvalue weighted by Gasteiger charge is 2.53. The summed E-state index contributed by atoms with van der Waals surface area (Å²) in [6.07, 6.45) is 3.30. The maximum Gasteiger partial charge on any atom is 0.278 e. The minimum atomic E-state index is -1.54. The summed E-state index contributed by atoms with van der Waals surface area (Å²) in [5, 5.41) is 36.8. The number of aliphatic hydroxyl groups excluding tert-OH is 2. The molecule has 2 amide bonds. The lowest BCUT2D eigenvalue weighted by Gasteiger charge is -2.50. The Bertz CT molecular complexity index is 1210. The van der Waals surface area contributed by atoms with Crippen LogP contribution in [0.4, 0.5) is 9.52 Å². The Morgan fingerprint density at radius 1 is 1.47 bits per heavy atom. The maximum absolute atomic E-state index is 12.9. The number of carbonyl (C=O) groups is 3. The molecular formula is C21H26FN7O7S2. The molecule has 0 spiro atoms. The SMILES string of the molecule is C[N@@+]1(C/C=C/C2=C(C(=O)[O-])N3C(=O)[C@@H](NC(=O)/C(=N\OCF)c4nsc(N)n4)[C@H]3SC2)CC(O)C[C@@H]1CO. The molecule has 1 aromatic heterocycles. The van der Waals surface area contributed by atoms with Crippen LogP contribution in [0.25, 0.3) is 0 Å². The van der Waals surface area contributed by atoms with Crippen LogP contribution in [0.3, 0.4) is 0 Å². The smallest absolute Gasteiger partial charge is 0.278 e. The van der Waals surface area contributed by atoms with Crippen molar-refractivity contribution in [3.8, 4) is 0 Å². The molecule has 17 heteroatoms. The van der Waals surface area contributed by atoms with Gasteiger partial charge in [0.25, 0.3) is 18.7 Å². The average molecular weight is 572 g/mol. The number of hydrogen-bond acceptors (Lipinski definition) is 13. The van der Waals surface area contributed by atoms with Crippen molar-refractivity contribution in [2.45, 2.75) is 30.0 Å². The fourth-order valence-electron chi connectivity index (χ4n) is 4.78. The molecule has 0 aromatic carbocycles. The van der Waals surface area contributed by atoms with Gasteiger partial charge in [-0.05, 0) is 11.6 Å². The van der Waals surface area contributed by atoms with Crippen molar-refractivity contribution in [2.24, 2.45) is 5.16 Å². The lowest BCUT2D eigenvalue weighted by Crippen LogP contribution is -2.71. The van der Waals surface area contributed by atoms with E-state index in [9.17, 15) is 34.1 Å². The van der Waals surface area contributed by atoms with Gasteiger partial charge in [-0.1, -0.05) is 11.2 Å². The summed E-state index contributed by atoms with van der Waals surface area (Å²) < 4.78 is 16.7. The Kier molecular flexibility index (Phi) is 8.31. The predicted molar refractivity (Wildman–Crippen MR) is 132 cm³/mol. The first kappa shape index (κ1) is 27.9. The Labute approximate surface area is 224 Å². The van der Waals surface area contributed by atoms with Gasteiger partial charge in [0.1, 0.15) is 30.1 Å². The van der Waals surface area contributed by atoms with E-state index in [1.54, 1.807) is 12.2 Å². The van der Waals surface area contributed by atoms with E-state index in [1.165, 1.54) is 11.8 Å². The fourth-order valence-corrected chi connectivity index (χ4v) is 6.53. The number of carboxylic acid groups (broad SMARTS) is 1. The van der Waals surface area contributed by atoms with E-state index < -0.39 is 47.9 Å². The molecule has 3 aliphatic rings. The van der Waals surface area contributed by atoms with Crippen molar-refractivity contribution in [3.63, 3.8) is 0 Å². The van der Waals surface area contributed by atoms with E-state index in [2.05, 4.69) is 24.7 Å². The van der Waals surface area contributed by atoms with Crippen molar-refractivity contribution >= 4 is 51.9 Å².